The number of piperidine rings is 1. The van der Waals surface area contributed by atoms with Crippen molar-refractivity contribution in [1.82, 2.24) is 10.2 Å². The maximum atomic E-state index is 12.0. The number of carbonyl (C=O) groups is 2. The number of hydrogen-bond donors (Lipinski definition) is 1. The van der Waals surface area contributed by atoms with Crippen molar-refractivity contribution in [3.63, 3.8) is 0 Å². The van der Waals surface area contributed by atoms with Crippen LogP contribution in [0.25, 0.3) is 0 Å². The predicted octanol–water partition coefficient (Wildman–Crippen LogP) is 4.32. The normalized spacial score (nSPS) is 20.1. The third-order valence-corrected chi connectivity index (χ3v) is 5.11. The minimum absolute atomic E-state index is 0.0100. The molecule has 0 aromatic rings. The van der Waals surface area contributed by atoms with Crippen molar-refractivity contribution >= 4 is 11.6 Å². The number of Topliss-reactive ketones (excluding diaryl/α,β-unsaturated/α-hetero) is 2. The van der Waals surface area contributed by atoms with Crippen molar-refractivity contribution in [1.29, 1.82) is 0 Å². The van der Waals surface area contributed by atoms with E-state index in [2.05, 4.69) is 44.8 Å². The molecule has 1 heterocycles. The van der Waals surface area contributed by atoms with Crippen molar-refractivity contribution in [2.24, 2.45) is 17.3 Å². The Kier molecular flexibility index (Phi) is 10.9. The van der Waals surface area contributed by atoms with Gasteiger partial charge >= 0.3 is 0 Å². The van der Waals surface area contributed by atoms with E-state index >= 15 is 0 Å². The molecule has 0 bridgehead atoms. The molecular formula is C22H44N2O2. The standard InChI is InChI=1S/C12H23NO.C10H21NO/c1-9(2)12(14)11-7-5-6-8-13(11)10(3)4;1-7(2)8(12)9(11-6)10(3,4)5/h9-11H,5-8H2,1-4H3;7,9,11H,1-6H3/t;9-/m.1/s1. The van der Waals surface area contributed by atoms with E-state index in [1.54, 1.807) is 0 Å². The van der Waals surface area contributed by atoms with E-state index < -0.39 is 0 Å². The van der Waals surface area contributed by atoms with Gasteiger partial charge in [-0.1, -0.05) is 54.9 Å². The number of likely N-dealkylation sites (tertiary alicyclic amines) is 1. The second-order valence-corrected chi connectivity index (χ2v) is 9.55. The first-order valence-electron chi connectivity index (χ1n) is 10.3. The Balaban J connectivity index is 0.000000488. The minimum atomic E-state index is -0.0301. The number of nitrogens with one attached hydrogen (secondary N) is 1. The zero-order valence-corrected chi connectivity index (χ0v) is 19.0. The van der Waals surface area contributed by atoms with E-state index in [-0.39, 0.29) is 29.3 Å². The predicted molar refractivity (Wildman–Crippen MR) is 111 cm³/mol. The van der Waals surface area contributed by atoms with Gasteiger partial charge in [-0.05, 0) is 45.7 Å². The maximum Gasteiger partial charge on any atom is 0.152 e. The van der Waals surface area contributed by atoms with Crippen LogP contribution in [0, 0.1) is 17.3 Å². The number of hydrogen-bond acceptors (Lipinski definition) is 4. The summed E-state index contributed by atoms with van der Waals surface area (Å²) in [5, 5.41) is 3.07. The molecule has 26 heavy (non-hydrogen) atoms. The van der Waals surface area contributed by atoms with Gasteiger partial charge in [0, 0.05) is 17.9 Å². The van der Waals surface area contributed by atoms with Crippen LogP contribution in [-0.4, -0.2) is 48.2 Å². The molecule has 2 atom stereocenters. The Labute approximate surface area is 162 Å². The van der Waals surface area contributed by atoms with Gasteiger partial charge in [0.05, 0.1) is 12.1 Å². The third-order valence-electron chi connectivity index (χ3n) is 5.11. The first kappa shape index (κ1) is 25.3. The highest BCUT2D eigenvalue weighted by Crippen LogP contribution is 2.23. The average molecular weight is 369 g/mol. The summed E-state index contributed by atoms with van der Waals surface area (Å²) in [4.78, 5) is 26.0. The first-order chi connectivity index (χ1) is 11.8. The van der Waals surface area contributed by atoms with Gasteiger partial charge in [0.15, 0.2) is 11.6 Å². The SMILES string of the molecule is CC(C)C(=O)C1CCCCN1C(C)C.CN[C@H](C(=O)C(C)C)C(C)(C)C. The topological polar surface area (TPSA) is 49.4 Å². The van der Waals surface area contributed by atoms with Crippen LogP contribution in [0.2, 0.25) is 0 Å². The van der Waals surface area contributed by atoms with Gasteiger partial charge in [-0.2, -0.15) is 0 Å². The molecule has 1 saturated heterocycles. The maximum absolute atomic E-state index is 12.0. The van der Waals surface area contributed by atoms with Crippen molar-refractivity contribution < 1.29 is 9.59 Å². The van der Waals surface area contributed by atoms with Crippen LogP contribution in [0.5, 0.6) is 0 Å². The van der Waals surface area contributed by atoms with Gasteiger partial charge in [0.2, 0.25) is 0 Å². The molecular weight excluding hydrogens is 324 g/mol. The Morgan fingerprint density at radius 3 is 1.81 bits per heavy atom. The van der Waals surface area contributed by atoms with Gasteiger partial charge < -0.3 is 5.32 Å². The molecule has 0 aromatic heterocycles. The van der Waals surface area contributed by atoms with Gasteiger partial charge in [-0.25, -0.2) is 0 Å². The van der Waals surface area contributed by atoms with Crippen LogP contribution in [0.15, 0.2) is 0 Å². The summed E-state index contributed by atoms with van der Waals surface area (Å²) in [6.45, 7) is 19.6. The minimum Gasteiger partial charge on any atom is -0.310 e. The summed E-state index contributed by atoms with van der Waals surface area (Å²) >= 11 is 0. The van der Waals surface area contributed by atoms with E-state index in [1.807, 2.05) is 34.7 Å². The number of rotatable bonds is 6. The lowest BCUT2D eigenvalue weighted by molar-refractivity contribution is -0.129. The smallest absolute Gasteiger partial charge is 0.152 e. The second-order valence-electron chi connectivity index (χ2n) is 9.55. The molecule has 1 rings (SSSR count). The van der Waals surface area contributed by atoms with Crippen LogP contribution in [0.1, 0.15) is 81.6 Å². The molecule has 1 unspecified atom stereocenters. The summed E-state index contributed by atoms with van der Waals surface area (Å²) in [7, 11) is 1.84. The lowest BCUT2D eigenvalue weighted by Gasteiger charge is -2.38. The van der Waals surface area contributed by atoms with Crippen molar-refractivity contribution in [2.75, 3.05) is 13.6 Å². The van der Waals surface area contributed by atoms with E-state index in [1.165, 1.54) is 12.8 Å². The lowest BCUT2D eigenvalue weighted by atomic mass is 9.81. The van der Waals surface area contributed by atoms with Crippen LogP contribution in [0.4, 0.5) is 0 Å². The molecule has 1 aliphatic rings. The van der Waals surface area contributed by atoms with Crippen molar-refractivity contribution in [2.45, 2.75) is 99.7 Å². The fraction of sp³-hybridized carbons (Fsp3) is 0.909. The number of likely N-dealkylation sites (N-methyl/N-ethyl adjacent to an activating group) is 1. The number of carbonyl (C=O) groups excluding carboxylic acids is 2. The number of nitrogens with zero attached hydrogens (tertiary/aromatic N) is 1. The molecule has 1 aliphatic heterocycles. The Hall–Kier alpha value is -0.740. The van der Waals surface area contributed by atoms with Crippen LogP contribution >= 0.6 is 0 Å². The van der Waals surface area contributed by atoms with Crippen LogP contribution < -0.4 is 5.32 Å². The third kappa shape index (κ3) is 7.87. The van der Waals surface area contributed by atoms with Gasteiger partial charge in [-0.15, -0.1) is 0 Å². The van der Waals surface area contributed by atoms with Gasteiger partial charge in [0.25, 0.3) is 0 Å². The highest BCUT2D eigenvalue weighted by atomic mass is 16.1. The Bertz CT molecular complexity index is 436. The van der Waals surface area contributed by atoms with Gasteiger partial charge in [0.1, 0.15) is 0 Å². The molecule has 0 amide bonds. The zero-order valence-electron chi connectivity index (χ0n) is 19.0. The zero-order chi connectivity index (χ0) is 20.7. The van der Waals surface area contributed by atoms with Crippen LogP contribution in [0.3, 0.4) is 0 Å². The highest BCUT2D eigenvalue weighted by molar-refractivity contribution is 5.86. The number of ketones is 2. The molecule has 0 aromatic carbocycles. The lowest BCUT2D eigenvalue weighted by Crippen LogP contribution is -2.49. The molecule has 0 saturated carbocycles. The quantitative estimate of drug-likeness (QED) is 0.758. The second kappa shape index (κ2) is 11.2. The molecule has 4 nitrogen and oxygen atoms in total. The van der Waals surface area contributed by atoms with E-state index in [9.17, 15) is 9.59 Å². The van der Waals surface area contributed by atoms with Crippen molar-refractivity contribution in [3.05, 3.63) is 0 Å². The largest absolute Gasteiger partial charge is 0.310 e. The van der Waals surface area contributed by atoms with Crippen LogP contribution in [-0.2, 0) is 9.59 Å². The fourth-order valence-corrected chi connectivity index (χ4v) is 3.60. The summed E-state index contributed by atoms with van der Waals surface area (Å²) in [5.74, 6) is 1.02. The van der Waals surface area contributed by atoms with E-state index in [0.717, 1.165) is 13.0 Å². The fourth-order valence-electron chi connectivity index (χ4n) is 3.60. The molecule has 154 valence electrons. The average Bonchev–Trinajstić information content (AvgIpc) is 2.53. The summed E-state index contributed by atoms with van der Waals surface area (Å²) in [6, 6.07) is 0.671. The summed E-state index contributed by atoms with van der Waals surface area (Å²) < 4.78 is 0. The molecule has 0 aliphatic carbocycles. The van der Waals surface area contributed by atoms with Gasteiger partial charge in [-0.3, -0.25) is 14.5 Å². The monoisotopic (exact) mass is 368 g/mol. The van der Waals surface area contributed by atoms with E-state index in [4.69, 9.17) is 0 Å². The molecule has 1 N–H and O–H groups in total. The molecule has 1 fully saturated rings. The Morgan fingerprint density at radius 2 is 1.50 bits per heavy atom. The van der Waals surface area contributed by atoms with E-state index in [0.29, 0.717) is 17.6 Å². The Morgan fingerprint density at radius 1 is 0.962 bits per heavy atom. The first-order valence-corrected chi connectivity index (χ1v) is 10.3. The molecule has 4 heteroatoms. The molecule has 0 radical (unpaired) electrons. The van der Waals surface area contributed by atoms with Crippen molar-refractivity contribution in [3.8, 4) is 0 Å². The summed E-state index contributed by atoms with van der Waals surface area (Å²) in [6.07, 6.45) is 3.53. The summed E-state index contributed by atoms with van der Waals surface area (Å²) in [5.41, 5.74) is 0.0100. The molecule has 0 spiro atoms. The highest BCUT2D eigenvalue weighted by Gasteiger charge is 2.31.